The first-order valence-electron chi connectivity index (χ1n) is 8.47. The number of hydrogen-bond acceptors (Lipinski definition) is 5. The number of rotatable bonds is 4. The summed E-state index contributed by atoms with van der Waals surface area (Å²) in [6, 6.07) is 7.16. The molecule has 0 spiro atoms. The molecule has 0 unspecified atom stereocenters. The molecule has 8 heteroatoms. The first kappa shape index (κ1) is 16.8. The lowest BCUT2D eigenvalue weighted by atomic mass is 9.99. The highest BCUT2D eigenvalue weighted by atomic mass is 35.5. The molecule has 0 saturated carbocycles. The van der Waals surface area contributed by atoms with E-state index >= 15 is 0 Å². The third kappa shape index (κ3) is 3.10. The van der Waals surface area contributed by atoms with Gasteiger partial charge in [-0.1, -0.05) is 11.6 Å². The van der Waals surface area contributed by atoms with Gasteiger partial charge in [0, 0.05) is 43.2 Å². The summed E-state index contributed by atoms with van der Waals surface area (Å²) in [5.41, 5.74) is 2.79. The molecular weight excluding hydrogens is 352 g/mol. The molecule has 134 valence electrons. The van der Waals surface area contributed by atoms with Crippen molar-refractivity contribution in [2.45, 2.75) is 20.4 Å². The number of nitrogens with zero attached hydrogens (tertiary/aromatic N) is 6. The van der Waals surface area contributed by atoms with Crippen molar-refractivity contribution in [2.24, 2.45) is 5.92 Å². The number of pyridine rings is 1. The molecule has 1 saturated heterocycles. The minimum Gasteiger partial charge on any atom is -0.369 e. The van der Waals surface area contributed by atoms with Crippen molar-refractivity contribution >= 4 is 17.3 Å². The SMILES string of the molecule is Cc1cc(C)n(-c2ccc(=O)n(CC3CN(c4ccncc4Cl)C3)n2)n1. The molecule has 4 rings (SSSR count). The average molecular weight is 371 g/mol. The number of halogens is 1. The van der Waals surface area contributed by atoms with Crippen molar-refractivity contribution in [3.8, 4) is 5.82 Å². The zero-order chi connectivity index (χ0) is 18.3. The van der Waals surface area contributed by atoms with Crippen molar-refractivity contribution in [3.05, 3.63) is 63.4 Å². The molecule has 4 heterocycles. The van der Waals surface area contributed by atoms with E-state index in [-0.39, 0.29) is 5.56 Å². The van der Waals surface area contributed by atoms with Crippen LogP contribution in [0.15, 0.2) is 41.5 Å². The summed E-state index contributed by atoms with van der Waals surface area (Å²) in [6.45, 7) is 6.15. The van der Waals surface area contributed by atoms with E-state index in [0.29, 0.717) is 23.3 Å². The van der Waals surface area contributed by atoms with Crippen LogP contribution >= 0.6 is 11.6 Å². The maximum absolute atomic E-state index is 12.2. The fraction of sp³-hybridized carbons (Fsp3) is 0.333. The summed E-state index contributed by atoms with van der Waals surface area (Å²) in [6.07, 6.45) is 3.38. The third-order valence-corrected chi connectivity index (χ3v) is 4.85. The van der Waals surface area contributed by atoms with Gasteiger partial charge in [0.15, 0.2) is 5.82 Å². The van der Waals surface area contributed by atoms with Crippen LogP contribution in [0.2, 0.25) is 5.02 Å². The zero-order valence-corrected chi connectivity index (χ0v) is 15.4. The van der Waals surface area contributed by atoms with E-state index in [4.69, 9.17) is 11.6 Å². The summed E-state index contributed by atoms with van der Waals surface area (Å²) in [5.74, 6) is 1.00. The molecule has 7 nitrogen and oxygen atoms in total. The summed E-state index contributed by atoms with van der Waals surface area (Å²) in [7, 11) is 0. The minimum absolute atomic E-state index is 0.101. The first-order valence-corrected chi connectivity index (χ1v) is 8.85. The van der Waals surface area contributed by atoms with Gasteiger partial charge in [-0.05, 0) is 32.0 Å². The van der Waals surface area contributed by atoms with Gasteiger partial charge < -0.3 is 4.90 Å². The monoisotopic (exact) mass is 370 g/mol. The lowest BCUT2D eigenvalue weighted by Gasteiger charge is -2.41. The Balaban J connectivity index is 1.50. The van der Waals surface area contributed by atoms with Crippen LogP contribution < -0.4 is 10.5 Å². The second kappa shape index (κ2) is 6.57. The predicted molar refractivity (Wildman–Crippen MR) is 100 cm³/mol. The molecule has 3 aromatic rings. The molecule has 0 amide bonds. The van der Waals surface area contributed by atoms with Gasteiger partial charge in [-0.2, -0.15) is 5.10 Å². The summed E-state index contributed by atoms with van der Waals surface area (Å²) in [5, 5.41) is 9.59. The summed E-state index contributed by atoms with van der Waals surface area (Å²) in [4.78, 5) is 18.4. The Morgan fingerprint density at radius 1 is 1.19 bits per heavy atom. The van der Waals surface area contributed by atoms with Crippen molar-refractivity contribution < 1.29 is 0 Å². The maximum atomic E-state index is 12.2. The van der Waals surface area contributed by atoms with Crippen molar-refractivity contribution in [1.29, 1.82) is 0 Å². The molecule has 0 N–H and O–H groups in total. The van der Waals surface area contributed by atoms with Gasteiger partial charge in [-0.15, -0.1) is 5.10 Å². The van der Waals surface area contributed by atoms with Crippen LogP contribution in [0.25, 0.3) is 5.82 Å². The average Bonchev–Trinajstić information content (AvgIpc) is 2.91. The van der Waals surface area contributed by atoms with Gasteiger partial charge >= 0.3 is 0 Å². The summed E-state index contributed by atoms with van der Waals surface area (Å²) < 4.78 is 3.29. The zero-order valence-electron chi connectivity index (χ0n) is 14.6. The van der Waals surface area contributed by atoms with Crippen LogP contribution in [0.3, 0.4) is 0 Å². The van der Waals surface area contributed by atoms with Crippen molar-refractivity contribution in [1.82, 2.24) is 24.5 Å². The normalized spacial score (nSPS) is 14.5. The van der Waals surface area contributed by atoms with Crippen molar-refractivity contribution in [3.63, 3.8) is 0 Å². The van der Waals surface area contributed by atoms with Crippen LogP contribution in [0.5, 0.6) is 0 Å². The number of aromatic nitrogens is 5. The predicted octanol–water partition coefficient (Wildman–Crippen LogP) is 2.23. The van der Waals surface area contributed by atoms with E-state index in [2.05, 4.69) is 20.1 Å². The molecular formula is C18H19ClN6O. The molecule has 0 aliphatic carbocycles. The Morgan fingerprint density at radius 3 is 2.69 bits per heavy atom. The lowest BCUT2D eigenvalue weighted by molar-refractivity contribution is 0.334. The van der Waals surface area contributed by atoms with Crippen molar-refractivity contribution in [2.75, 3.05) is 18.0 Å². The second-order valence-electron chi connectivity index (χ2n) is 6.65. The van der Waals surface area contributed by atoms with Crippen LogP contribution in [0.4, 0.5) is 5.69 Å². The molecule has 1 aliphatic heterocycles. The van der Waals surface area contributed by atoms with E-state index in [9.17, 15) is 4.79 Å². The van der Waals surface area contributed by atoms with Gasteiger partial charge in [0.25, 0.3) is 5.56 Å². The van der Waals surface area contributed by atoms with Gasteiger partial charge in [0.05, 0.1) is 22.9 Å². The fourth-order valence-corrected chi connectivity index (χ4v) is 3.53. The Morgan fingerprint density at radius 2 is 2.00 bits per heavy atom. The minimum atomic E-state index is -0.101. The molecule has 0 atom stereocenters. The molecule has 3 aromatic heterocycles. The highest BCUT2D eigenvalue weighted by molar-refractivity contribution is 6.33. The van der Waals surface area contributed by atoms with E-state index in [1.54, 1.807) is 29.2 Å². The van der Waals surface area contributed by atoms with Gasteiger partial charge in [-0.3, -0.25) is 9.78 Å². The Kier molecular flexibility index (Phi) is 4.24. The Hall–Kier alpha value is -2.67. The van der Waals surface area contributed by atoms with E-state index in [1.165, 1.54) is 4.68 Å². The first-order chi connectivity index (χ1) is 12.5. The lowest BCUT2D eigenvalue weighted by Crippen LogP contribution is -2.49. The third-order valence-electron chi connectivity index (χ3n) is 4.56. The molecule has 1 aliphatic rings. The van der Waals surface area contributed by atoms with Crippen LogP contribution in [0.1, 0.15) is 11.4 Å². The quantitative estimate of drug-likeness (QED) is 0.704. The number of hydrogen-bond donors (Lipinski definition) is 0. The largest absolute Gasteiger partial charge is 0.369 e. The van der Waals surface area contributed by atoms with Crippen LogP contribution in [0, 0.1) is 19.8 Å². The molecule has 26 heavy (non-hydrogen) atoms. The number of aryl methyl sites for hydroxylation is 2. The standard InChI is InChI=1S/C18H19ClN6O/c1-12-7-13(2)25(21-12)17-3-4-18(26)24(22-17)11-14-9-23(10-14)16-5-6-20-8-15(16)19/h3-8,14H,9-11H2,1-2H3. The second-order valence-corrected chi connectivity index (χ2v) is 7.06. The molecule has 1 fully saturated rings. The highest BCUT2D eigenvalue weighted by Gasteiger charge is 2.29. The Bertz CT molecular complexity index is 1000. The Labute approximate surface area is 155 Å². The molecule has 0 bridgehead atoms. The van der Waals surface area contributed by atoms with E-state index in [1.807, 2.05) is 26.0 Å². The summed E-state index contributed by atoms with van der Waals surface area (Å²) >= 11 is 6.19. The van der Waals surface area contributed by atoms with Crippen LogP contribution in [-0.4, -0.2) is 37.6 Å². The molecule has 0 radical (unpaired) electrons. The topological polar surface area (TPSA) is 68.8 Å². The molecule has 0 aromatic carbocycles. The van der Waals surface area contributed by atoms with Gasteiger partial charge in [0.2, 0.25) is 0 Å². The van der Waals surface area contributed by atoms with E-state index < -0.39 is 0 Å². The smallest absolute Gasteiger partial charge is 0.266 e. The van der Waals surface area contributed by atoms with E-state index in [0.717, 1.165) is 30.2 Å². The van der Waals surface area contributed by atoms with Gasteiger partial charge in [0.1, 0.15) is 0 Å². The highest BCUT2D eigenvalue weighted by Crippen LogP contribution is 2.30. The fourth-order valence-electron chi connectivity index (χ4n) is 3.29. The number of anilines is 1. The maximum Gasteiger partial charge on any atom is 0.266 e. The van der Waals surface area contributed by atoms with Gasteiger partial charge in [-0.25, -0.2) is 9.36 Å². The van der Waals surface area contributed by atoms with Crippen LogP contribution in [-0.2, 0) is 6.54 Å².